The third-order valence-electron chi connectivity index (χ3n) is 6.15. The number of ketones is 1. The van der Waals surface area contributed by atoms with Crippen LogP contribution in [0.2, 0.25) is 0 Å². The molecule has 1 aromatic heterocycles. The van der Waals surface area contributed by atoms with Crippen molar-refractivity contribution in [2.75, 3.05) is 0 Å². The molecule has 2 aromatic rings. The highest BCUT2D eigenvalue weighted by atomic mass is 16.1. The van der Waals surface area contributed by atoms with Crippen LogP contribution in [0.5, 0.6) is 0 Å². The second-order valence-electron chi connectivity index (χ2n) is 7.59. The average Bonchev–Trinajstić information content (AvgIpc) is 3.07. The number of rotatable bonds is 3. The van der Waals surface area contributed by atoms with Gasteiger partial charge in [-0.25, -0.2) is 0 Å². The molecule has 1 aliphatic heterocycles. The summed E-state index contributed by atoms with van der Waals surface area (Å²) < 4.78 is 0. The summed E-state index contributed by atoms with van der Waals surface area (Å²) in [6.07, 6.45) is 6.99. The Kier molecular flexibility index (Phi) is 4.10. The van der Waals surface area contributed by atoms with Gasteiger partial charge in [0.15, 0.2) is 0 Å². The van der Waals surface area contributed by atoms with Crippen LogP contribution in [0.3, 0.4) is 0 Å². The number of Topliss-reactive ketones (excluding diaryl/α,β-unsaturated/α-hetero) is 1. The summed E-state index contributed by atoms with van der Waals surface area (Å²) in [4.78, 5) is 22.0. The number of aromatic nitrogens is 1. The van der Waals surface area contributed by atoms with Gasteiger partial charge in [0, 0.05) is 30.1 Å². The van der Waals surface area contributed by atoms with E-state index in [9.17, 15) is 4.79 Å². The number of nitrogens with zero attached hydrogens (tertiary/aromatic N) is 2. The van der Waals surface area contributed by atoms with Gasteiger partial charge in [-0.1, -0.05) is 24.3 Å². The first-order valence-electron chi connectivity index (χ1n) is 9.28. The number of hydrogen-bond acceptors (Lipinski definition) is 3. The maximum atomic E-state index is 12.9. The summed E-state index contributed by atoms with van der Waals surface area (Å²) in [6.45, 7) is 6.02. The lowest BCUT2D eigenvalue weighted by Crippen LogP contribution is -2.37. The lowest BCUT2D eigenvalue weighted by Gasteiger charge is -2.37. The van der Waals surface area contributed by atoms with Crippen molar-refractivity contribution in [1.82, 2.24) is 4.98 Å². The Morgan fingerprint density at radius 3 is 2.73 bits per heavy atom. The summed E-state index contributed by atoms with van der Waals surface area (Å²) in [5.74, 6) is 0.271. The molecule has 1 aromatic carbocycles. The van der Waals surface area contributed by atoms with Crippen LogP contribution in [-0.4, -0.2) is 16.5 Å². The summed E-state index contributed by atoms with van der Waals surface area (Å²) in [5, 5.41) is 0. The highest BCUT2D eigenvalue weighted by molar-refractivity contribution is 6.04. The van der Waals surface area contributed by atoms with E-state index in [2.05, 4.69) is 43.1 Å². The molecule has 1 unspecified atom stereocenters. The second kappa shape index (κ2) is 6.31. The molecular weight excluding hydrogens is 320 g/mol. The first-order valence-corrected chi connectivity index (χ1v) is 9.28. The zero-order valence-electron chi connectivity index (χ0n) is 15.7. The van der Waals surface area contributed by atoms with E-state index < -0.39 is 5.41 Å². The lowest BCUT2D eigenvalue weighted by atomic mass is 9.64. The van der Waals surface area contributed by atoms with Crippen molar-refractivity contribution in [3.63, 3.8) is 0 Å². The van der Waals surface area contributed by atoms with Crippen LogP contribution >= 0.6 is 0 Å². The summed E-state index contributed by atoms with van der Waals surface area (Å²) in [7, 11) is 0. The van der Waals surface area contributed by atoms with E-state index in [1.54, 1.807) is 13.1 Å². The van der Waals surface area contributed by atoms with Gasteiger partial charge in [-0.2, -0.15) is 0 Å². The molecule has 0 saturated carbocycles. The number of aliphatic imine (C=N–C) groups is 1. The van der Waals surface area contributed by atoms with Crippen molar-refractivity contribution in [3.05, 3.63) is 76.2 Å². The van der Waals surface area contributed by atoms with Crippen LogP contribution in [0.1, 0.15) is 54.9 Å². The fourth-order valence-corrected chi connectivity index (χ4v) is 4.46. The maximum absolute atomic E-state index is 12.9. The molecule has 1 aliphatic carbocycles. The lowest BCUT2D eigenvalue weighted by molar-refractivity contribution is -0.123. The van der Waals surface area contributed by atoms with E-state index in [1.165, 1.54) is 28.0 Å². The molecule has 2 heterocycles. The molecule has 1 atom stereocenters. The smallest absolute Gasteiger partial charge is 0.140 e. The Morgan fingerprint density at radius 1 is 1.15 bits per heavy atom. The van der Waals surface area contributed by atoms with Crippen LogP contribution in [0.25, 0.3) is 0 Å². The van der Waals surface area contributed by atoms with Gasteiger partial charge in [0.05, 0.1) is 11.1 Å². The highest BCUT2D eigenvalue weighted by Gasteiger charge is 2.43. The topological polar surface area (TPSA) is 42.3 Å². The third-order valence-corrected chi connectivity index (χ3v) is 6.15. The number of hydrogen-bond donors (Lipinski definition) is 0. The van der Waals surface area contributed by atoms with Crippen LogP contribution in [0.15, 0.2) is 59.0 Å². The molecule has 0 bridgehead atoms. The minimum absolute atomic E-state index is 0.271. The quantitative estimate of drug-likeness (QED) is 0.798. The van der Waals surface area contributed by atoms with E-state index in [-0.39, 0.29) is 5.78 Å². The number of pyridine rings is 1. The molecular formula is C23H24N2O. The number of aryl methyl sites for hydroxylation is 1. The average molecular weight is 344 g/mol. The normalized spacial score (nSPS) is 22.2. The van der Waals surface area contributed by atoms with E-state index in [0.29, 0.717) is 0 Å². The summed E-state index contributed by atoms with van der Waals surface area (Å²) >= 11 is 0. The molecule has 0 saturated heterocycles. The Labute approximate surface area is 154 Å². The zero-order valence-corrected chi connectivity index (χ0v) is 15.7. The maximum Gasteiger partial charge on any atom is 0.140 e. The van der Waals surface area contributed by atoms with E-state index in [4.69, 9.17) is 4.99 Å². The fourth-order valence-electron chi connectivity index (χ4n) is 4.46. The third kappa shape index (κ3) is 2.63. The SMILES string of the molecule is CC(=O)C1(c2cccc(C)c2C)CCC2=C(CC(c3cccnc3)=N2)C1. The highest BCUT2D eigenvalue weighted by Crippen LogP contribution is 2.47. The molecule has 3 nitrogen and oxygen atoms in total. The molecule has 26 heavy (non-hydrogen) atoms. The number of allylic oxidation sites excluding steroid dienone is 2. The molecule has 0 spiro atoms. The standard InChI is InChI=1S/C23H24N2O/c1-15-6-4-8-20(16(15)2)23(17(3)26)10-9-21-19(13-23)12-22(25-21)18-7-5-11-24-14-18/h4-8,11,14H,9-10,12-13H2,1-3H3. The van der Waals surface area contributed by atoms with Gasteiger partial charge in [0.2, 0.25) is 0 Å². The molecule has 132 valence electrons. The Balaban J connectivity index is 1.69. The van der Waals surface area contributed by atoms with Crippen LogP contribution in [0.4, 0.5) is 0 Å². The van der Waals surface area contributed by atoms with E-state index in [0.717, 1.165) is 37.0 Å². The predicted molar refractivity (Wildman–Crippen MR) is 105 cm³/mol. The Hall–Kier alpha value is -2.55. The molecule has 4 rings (SSSR count). The molecule has 0 N–H and O–H groups in total. The fraction of sp³-hybridized carbons (Fsp3) is 0.348. The predicted octanol–water partition coefficient (Wildman–Crippen LogP) is 4.86. The van der Waals surface area contributed by atoms with Crippen LogP contribution in [-0.2, 0) is 10.2 Å². The molecule has 0 amide bonds. The van der Waals surface area contributed by atoms with Crippen molar-refractivity contribution in [1.29, 1.82) is 0 Å². The van der Waals surface area contributed by atoms with E-state index >= 15 is 0 Å². The van der Waals surface area contributed by atoms with Gasteiger partial charge in [-0.05, 0) is 68.4 Å². The van der Waals surface area contributed by atoms with Gasteiger partial charge in [-0.15, -0.1) is 0 Å². The number of carbonyl (C=O) groups excluding carboxylic acids is 1. The van der Waals surface area contributed by atoms with Gasteiger partial charge >= 0.3 is 0 Å². The minimum atomic E-state index is -0.408. The summed E-state index contributed by atoms with van der Waals surface area (Å²) in [5.41, 5.74) is 7.98. The van der Waals surface area contributed by atoms with Crippen molar-refractivity contribution < 1.29 is 4.79 Å². The van der Waals surface area contributed by atoms with Crippen molar-refractivity contribution in [2.24, 2.45) is 4.99 Å². The van der Waals surface area contributed by atoms with Gasteiger partial charge in [0.1, 0.15) is 5.78 Å². The van der Waals surface area contributed by atoms with Crippen molar-refractivity contribution >= 4 is 11.5 Å². The van der Waals surface area contributed by atoms with Crippen molar-refractivity contribution in [2.45, 2.75) is 51.9 Å². The van der Waals surface area contributed by atoms with Crippen LogP contribution < -0.4 is 0 Å². The molecule has 0 radical (unpaired) electrons. The zero-order chi connectivity index (χ0) is 18.3. The number of benzene rings is 1. The number of carbonyl (C=O) groups is 1. The van der Waals surface area contributed by atoms with Crippen LogP contribution in [0, 0.1) is 13.8 Å². The second-order valence-corrected chi connectivity index (χ2v) is 7.59. The Morgan fingerprint density at radius 2 is 2.00 bits per heavy atom. The Bertz CT molecular complexity index is 940. The van der Waals surface area contributed by atoms with Gasteiger partial charge in [0.25, 0.3) is 0 Å². The monoisotopic (exact) mass is 344 g/mol. The van der Waals surface area contributed by atoms with Crippen molar-refractivity contribution in [3.8, 4) is 0 Å². The first-order chi connectivity index (χ1) is 12.5. The van der Waals surface area contributed by atoms with E-state index in [1.807, 2.05) is 12.3 Å². The molecule has 0 fully saturated rings. The summed E-state index contributed by atoms with van der Waals surface area (Å²) in [6, 6.07) is 10.4. The molecule has 3 heteroatoms. The van der Waals surface area contributed by atoms with Gasteiger partial charge in [-0.3, -0.25) is 14.8 Å². The largest absolute Gasteiger partial charge is 0.299 e. The first kappa shape index (κ1) is 16.9. The van der Waals surface area contributed by atoms with Gasteiger partial charge < -0.3 is 0 Å². The minimum Gasteiger partial charge on any atom is -0.299 e. The molecule has 2 aliphatic rings.